The zero-order valence-electron chi connectivity index (χ0n) is 29.2. The van der Waals surface area contributed by atoms with Crippen LogP contribution in [-0.4, -0.2) is 75.4 Å². The molecular formula is C39H44ClFN6O3S. The van der Waals surface area contributed by atoms with Gasteiger partial charge in [-0.2, -0.15) is 10.1 Å². The van der Waals surface area contributed by atoms with E-state index in [1.54, 1.807) is 42.4 Å². The molecule has 0 aliphatic carbocycles. The topological polar surface area (TPSA) is 96.4 Å². The van der Waals surface area contributed by atoms with Crippen molar-refractivity contribution >= 4 is 29.3 Å². The molecule has 0 saturated carbocycles. The summed E-state index contributed by atoms with van der Waals surface area (Å²) < 4.78 is 20.8. The molecule has 2 heterocycles. The van der Waals surface area contributed by atoms with Gasteiger partial charge in [0, 0.05) is 68.0 Å². The van der Waals surface area contributed by atoms with Gasteiger partial charge in [0.2, 0.25) is 5.91 Å². The Bertz CT molecular complexity index is 1880. The summed E-state index contributed by atoms with van der Waals surface area (Å²) in [5.74, 6) is -0.305. The van der Waals surface area contributed by atoms with Crippen molar-refractivity contribution in [3.05, 3.63) is 135 Å². The molecule has 1 unspecified atom stereocenters. The van der Waals surface area contributed by atoms with E-state index in [1.165, 1.54) is 23.9 Å². The number of halogens is 2. The van der Waals surface area contributed by atoms with E-state index in [2.05, 4.69) is 58.2 Å². The van der Waals surface area contributed by atoms with Crippen LogP contribution in [0.2, 0.25) is 5.02 Å². The monoisotopic (exact) mass is 730 g/mol. The summed E-state index contributed by atoms with van der Waals surface area (Å²) in [6, 6.07) is 22.2. The van der Waals surface area contributed by atoms with Crippen LogP contribution in [0.5, 0.6) is 0 Å². The number of likely N-dealkylation sites (N-methyl/N-ethyl adjacent to an activating group) is 1. The predicted molar refractivity (Wildman–Crippen MR) is 201 cm³/mol. The number of carbonyl (C=O) groups excluding carboxylic acids is 1. The van der Waals surface area contributed by atoms with E-state index in [4.69, 9.17) is 16.3 Å². The summed E-state index contributed by atoms with van der Waals surface area (Å²) >= 11 is 7.43. The Morgan fingerprint density at radius 1 is 0.980 bits per heavy atom. The molecule has 0 fully saturated rings. The molecule has 5 aromatic rings. The molecule has 3 aromatic carbocycles. The number of benzene rings is 3. The van der Waals surface area contributed by atoms with Gasteiger partial charge in [-0.25, -0.2) is 4.39 Å². The Hall–Kier alpha value is -4.29. The van der Waals surface area contributed by atoms with Gasteiger partial charge in [0.1, 0.15) is 12.4 Å². The molecule has 0 bridgehead atoms. The second kappa shape index (κ2) is 18.8. The van der Waals surface area contributed by atoms with Crippen LogP contribution < -0.4 is 5.56 Å². The Morgan fingerprint density at radius 2 is 1.65 bits per heavy atom. The Labute approximate surface area is 307 Å². The molecule has 12 heteroatoms. The number of methoxy groups -OCH3 is 1. The number of hydrogen-bond donors (Lipinski definition) is 1. The molecule has 0 aliphatic rings. The fraction of sp³-hybridized carbons (Fsp3) is 0.333. The van der Waals surface area contributed by atoms with Crippen LogP contribution in [0.4, 0.5) is 4.39 Å². The van der Waals surface area contributed by atoms with Crippen molar-refractivity contribution in [1.29, 1.82) is 0 Å². The van der Waals surface area contributed by atoms with Gasteiger partial charge in [-0.15, -0.1) is 0 Å². The third-order valence-corrected chi connectivity index (χ3v) is 10.2. The van der Waals surface area contributed by atoms with E-state index in [-0.39, 0.29) is 29.7 Å². The van der Waals surface area contributed by atoms with E-state index in [9.17, 15) is 14.0 Å². The minimum Gasteiger partial charge on any atom is -0.385 e. The lowest BCUT2D eigenvalue weighted by molar-refractivity contribution is -0.132. The van der Waals surface area contributed by atoms with Gasteiger partial charge in [-0.1, -0.05) is 85.7 Å². The average Bonchev–Trinajstić information content (AvgIpc) is 3.68. The maximum atomic E-state index is 14.3. The SMILES string of the molecule is CCN(CC)CCN(Cc1ccc(-c2ccc(Cl)cc2)cc1)C(=O)Cn1cc(C(CCOC)c2cn[nH]c2)c(=O)nc1SCc1ccc(F)cc1. The summed E-state index contributed by atoms with van der Waals surface area (Å²) in [6.07, 6.45) is 5.75. The number of aromatic amines is 1. The molecule has 0 aliphatic heterocycles. The fourth-order valence-electron chi connectivity index (χ4n) is 5.88. The maximum Gasteiger partial charge on any atom is 0.277 e. The summed E-state index contributed by atoms with van der Waals surface area (Å²) in [7, 11) is 1.62. The highest BCUT2D eigenvalue weighted by Gasteiger charge is 2.24. The lowest BCUT2D eigenvalue weighted by atomic mass is 9.92. The highest BCUT2D eigenvalue weighted by molar-refractivity contribution is 7.98. The van der Waals surface area contributed by atoms with Crippen LogP contribution in [-0.2, 0) is 28.4 Å². The minimum atomic E-state index is -0.373. The van der Waals surface area contributed by atoms with Gasteiger partial charge in [0.05, 0.1) is 6.20 Å². The van der Waals surface area contributed by atoms with Gasteiger partial charge >= 0.3 is 0 Å². The predicted octanol–water partition coefficient (Wildman–Crippen LogP) is 7.26. The first kappa shape index (κ1) is 38.0. The van der Waals surface area contributed by atoms with Crippen LogP contribution in [0.15, 0.2) is 101 Å². The third-order valence-electron chi connectivity index (χ3n) is 8.92. The quantitative estimate of drug-likeness (QED) is 0.0750. The molecule has 9 nitrogen and oxygen atoms in total. The van der Waals surface area contributed by atoms with Gasteiger partial charge in [0.25, 0.3) is 5.56 Å². The highest BCUT2D eigenvalue weighted by atomic mass is 35.5. The van der Waals surface area contributed by atoms with E-state index in [0.29, 0.717) is 47.6 Å². The summed E-state index contributed by atoms with van der Waals surface area (Å²) in [4.78, 5) is 36.7. The Kier molecular flexibility index (Phi) is 14.0. The number of nitrogens with zero attached hydrogens (tertiary/aromatic N) is 5. The summed E-state index contributed by atoms with van der Waals surface area (Å²) in [5, 5.41) is 8.05. The van der Waals surface area contributed by atoms with Crippen LogP contribution in [0.3, 0.4) is 0 Å². The summed E-state index contributed by atoms with van der Waals surface area (Å²) in [6.45, 7) is 8.06. The lowest BCUT2D eigenvalue weighted by Crippen LogP contribution is -2.40. The molecule has 0 saturated heterocycles. The third kappa shape index (κ3) is 10.6. The average molecular weight is 731 g/mol. The van der Waals surface area contributed by atoms with Crippen molar-refractivity contribution in [2.24, 2.45) is 0 Å². The summed E-state index contributed by atoms with van der Waals surface area (Å²) in [5.41, 5.74) is 4.92. The maximum absolute atomic E-state index is 14.3. The number of rotatable bonds is 18. The zero-order chi connectivity index (χ0) is 36.2. The second-order valence-electron chi connectivity index (χ2n) is 12.2. The molecule has 268 valence electrons. The number of hydrogen-bond acceptors (Lipinski definition) is 7. The largest absolute Gasteiger partial charge is 0.385 e. The van der Waals surface area contributed by atoms with E-state index < -0.39 is 0 Å². The van der Waals surface area contributed by atoms with Gasteiger partial charge in [-0.05, 0) is 71.6 Å². The first-order chi connectivity index (χ1) is 24.8. The smallest absolute Gasteiger partial charge is 0.277 e. The van der Waals surface area contributed by atoms with Gasteiger partial charge in [0.15, 0.2) is 5.16 Å². The number of H-pyrrole nitrogens is 1. The van der Waals surface area contributed by atoms with Crippen molar-refractivity contribution < 1.29 is 13.9 Å². The van der Waals surface area contributed by atoms with E-state index in [0.717, 1.165) is 47.5 Å². The molecular weight excluding hydrogens is 687 g/mol. The molecule has 2 aromatic heterocycles. The standard InChI is InChI=1S/C39H44ClFN6O3S/c1-4-45(5-2)19-20-46(24-28-6-10-30(11-7-28)31-12-14-33(40)15-13-31)37(48)26-47-25-36(35(18-21-50-3)32-22-42-43-23-32)38(49)44-39(47)51-27-29-8-16-34(41)17-9-29/h6-17,22-23,25,35H,4-5,18-21,24,26-27H2,1-3H3,(H,42,43). The van der Waals surface area contributed by atoms with Crippen molar-refractivity contribution in [3.63, 3.8) is 0 Å². The lowest BCUT2D eigenvalue weighted by Gasteiger charge is -2.28. The number of amides is 1. The number of nitrogens with one attached hydrogen (secondary N) is 1. The van der Waals surface area contributed by atoms with E-state index >= 15 is 0 Å². The van der Waals surface area contributed by atoms with Crippen molar-refractivity contribution in [2.75, 3.05) is 39.9 Å². The number of aromatic nitrogens is 4. The van der Waals surface area contributed by atoms with Crippen LogP contribution in [0.1, 0.15) is 48.4 Å². The second-order valence-corrected chi connectivity index (χ2v) is 13.6. The molecule has 1 N–H and O–H groups in total. The fourth-order valence-corrected chi connectivity index (χ4v) is 6.93. The number of carbonyl (C=O) groups is 1. The Morgan fingerprint density at radius 3 is 2.27 bits per heavy atom. The van der Waals surface area contributed by atoms with Gasteiger partial charge in [-0.3, -0.25) is 14.7 Å². The normalized spacial score (nSPS) is 12.0. The Balaban J connectivity index is 1.46. The minimum absolute atomic E-state index is 0.0183. The zero-order valence-corrected chi connectivity index (χ0v) is 30.8. The van der Waals surface area contributed by atoms with Crippen LogP contribution in [0.25, 0.3) is 11.1 Å². The van der Waals surface area contributed by atoms with E-state index in [1.807, 2.05) is 29.2 Å². The van der Waals surface area contributed by atoms with Gasteiger partial charge < -0.3 is 19.1 Å². The first-order valence-electron chi connectivity index (χ1n) is 17.1. The molecule has 0 spiro atoms. The number of ether oxygens (including phenoxy) is 1. The molecule has 1 amide bonds. The van der Waals surface area contributed by atoms with Crippen molar-refractivity contribution in [1.82, 2.24) is 29.5 Å². The first-order valence-corrected chi connectivity index (χ1v) is 18.5. The molecule has 5 rings (SSSR count). The van der Waals surface area contributed by atoms with Crippen LogP contribution in [0, 0.1) is 5.82 Å². The van der Waals surface area contributed by atoms with Crippen molar-refractivity contribution in [3.8, 4) is 11.1 Å². The van der Waals surface area contributed by atoms with Crippen molar-refractivity contribution in [2.45, 2.75) is 50.2 Å². The molecule has 51 heavy (non-hydrogen) atoms. The van der Waals surface area contributed by atoms with Crippen LogP contribution >= 0.6 is 23.4 Å². The molecule has 0 radical (unpaired) electrons. The highest BCUT2D eigenvalue weighted by Crippen LogP contribution is 2.28. The number of thioether (sulfide) groups is 1. The molecule has 1 atom stereocenters.